The Morgan fingerprint density at radius 2 is 1.76 bits per heavy atom. The van der Waals surface area contributed by atoms with Crippen LogP contribution in [0.15, 0.2) is 59.4 Å². The maximum Gasteiger partial charge on any atom is 0.343 e. The number of benzene rings is 2. The number of aromatic nitrogens is 2. The van der Waals surface area contributed by atoms with E-state index in [9.17, 15) is 14.7 Å². The predicted molar refractivity (Wildman–Crippen MR) is 158 cm³/mol. The quantitative estimate of drug-likeness (QED) is 0.332. The third-order valence-corrected chi connectivity index (χ3v) is 9.13. The molecular formula is C33H34N4O4. The lowest BCUT2D eigenvalue weighted by Gasteiger charge is -2.36. The lowest BCUT2D eigenvalue weighted by Crippen LogP contribution is -2.45. The van der Waals surface area contributed by atoms with E-state index in [-0.39, 0.29) is 18.6 Å². The standard InChI is InChI=1S/C33H34N4O4/c1-3-23-24-16-22(36-14-12-35(13-15-36)18-21-8-6-5-7-9-21)10-11-28(24)34-30-25(23)19-37-29(30)17-27-26(31(37)38)20-41-32(39)33(27,40)4-2/h5-11,16-17,40H,3-4,12-15,18-20H2,1-2H3/t33-/m0/s1. The molecule has 5 heterocycles. The van der Waals surface area contributed by atoms with Crippen molar-refractivity contribution < 1.29 is 14.6 Å². The van der Waals surface area contributed by atoms with E-state index in [0.717, 1.165) is 61.3 Å². The number of pyridine rings is 2. The Kier molecular flexibility index (Phi) is 6.21. The minimum atomic E-state index is -1.82. The summed E-state index contributed by atoms with van der Waals surface area (Å²) in [4.78, 5) is 36.1. The van der Waals surface area contributed by atoms with Gasteiger partial charge >= 0.3 is 5.97 Å². The molecule has 3 aliphatic heterocycles. The fourth-order valence-electron chi connectivity index (χ4n) is 6.76. The molecule has 8 nitrogen and oxygen atoms in total. The van der Waals surface area contributed by atoms with Crippen molar-refractivity contribution in [3.8, 4) is 11.4 Å². The van der Waals surface area contributed by atoms with Gasteiger partial charge in [0.1, 0.15) is 6.61 Å². The molecule has 2 aromatic carbocycles. The average Bonchev–Trinajstić information content (AvgIpc) is 3.37. The molecule has 3 aliphatic rings. The molecule has 4 aromatic rings. The number of hydrogen-bond donors (Lipinski definition) is 1. The van der Waals surface area contributed by atoms with Crippen LogP contribution in [-0.2, 0) is 41.2 Å². The topological polar surface area (TPSA) is 87.9 Å². The van der Waals surface area contributed by atoms with E-state index >= 15 is 0 Å². The number of cyclic esters (lactones) is 1. The van der Waals surface area contributed by atoms with Crippen LogP contribution in [0.1, 0.15) is 48.1 Å². The monoisotopic (exact) mass is 550 g/mol. The van der Waals surface area contributed by atoms with Gasteiger partial charge in [0, 0.05) is 54.9 Å². The summed E-state index contributed by atoms with van der Waals surface area (Å²) in [5, 5.41) is 12.3. The van der Waals surface area contributed by atoms with E-state index in [2.05, 4.69) is 65.3 Å². The van der Waals surface area contributed by atoms with Crippen molar-refractivity contribution in [2.75, 3.05) is 31.1 Å². The number of carbonyl (C=O) groups excluding carboxylic acids is 1. The van der Waals surface area contributed by atoms with E-state index in [1.165, 1.54) is 16.8 Å². The van der Waals surface area contributed by atoms with Crippen LogP contribution in [0.5, 0.6) is 0 Å². The molecule has 1 N–H and O–H groups in total. The first kappa shape index (κ1) is 25.9. The van der Waals surface area contributed by atoms with Gasteiger partial charge in [0.15, 0.2) is 5.60 Å². The number of anilines is 1. The number of aliphatic hydroxyl groups is 1. The van der Waals surface area contributed by atoms with Crippen LogP contribution in [0.3, 0.4) is 0 Å². The second-order valence-corrected chi connectivity index (χ2v) is 11.3. The van der Waals surface area contributed by atoms with Crippen molar-refractivity contribution >= 4 is 22.6 Å². The highest BCUT2D eigenvalue weighted by atomic mass is 16.6. The maximum absolute atomic E-state index is 13.6. The van der Waals surface area contributed by atoms with Crippen LogP contribution in [0.25, 0.3) is 22.3 Å². The van der Waals surface area contributed by atoms with Crippen LogP contribution in [0.2, 0.25) is 0 Å². The summed E-state index contributed by atoms with van der Waals surface area (Å²) < 4.78 is 6.94. The Balaban J connectivity index is 1.23. The highest BCUT2D eigenvalue weighted by Crippen LogP contribution is 2.40. The molecular weight excluding hydrogens is 516 g/mol. The zero-order valence-corrected chi connectivity index (χ0v) is 23.5. The number of ether oxygens (including phenoxy) is 1. The lowest BCUT2D eigenvalue weighted by atomic mass is 9.86. The van der Waals surface area contributed by atoms with Crippen LogP contribution < -0.4 is 10.5 Å². The molecule has 0 saturated carbocycles. The third-order valence-electron chi connectivity index (χ3n) is 9.13. The molecule has 0 spiro atoms. The van der Waals surface area contributed by atoms with Gasteiger partial charge in [-0.1, -0.05) is 44.2 Å². The normalized spacial score (nSPS) is 20.1. The highest BCUT2D eigenvalue weighted by Gasteiger charge is 2.45. The maximum atomic E-state index is 13.6. The first-order valence-electron chi connectivity index (χ1n) is 14.5. The number of carbonyl (C=O) groups is 1. The first-order chi connectivity index (χ1) is 19.9. The minimum Gasteiger partial charge on any atom is -0.458 e. The van der Waals surface area contributed by atoms with Gasteiger partial charge in [-0.25, -0.2) is 9.78 Å². The summed E-state index contributed by atoms with van der Waals surface area (Å²) in [6.45, 7) is 9.08. The Morgan fingerprint density at radius 1 is 0.976 bits per heavy atom. The Bertz CT molecular complexity index is 1740. The molecule has 0 bridgehead atoms. The van der Waals surface area contributed by atoms with E-state index in [1.807, 2.05) is 0 Å². The average molecular weight is 551 g/mol. The summed E-state index contributed by atoms with van der Waals surface area (Å²) in [6.07, 6.45) is 0.932. The van der Waals surface area contributed by atoms with Crippen LogP contribution in [0.4, 0.5) is 5.69 Å². The zero-order valence-electron chi connectivity index (χ0n) is 23.5. The van der Waals surface area contributed by atoms with E-state index < -0.39 is 11.6 Å². The van der Waals surface area contributed by atoms with Gasteiger partial charge in [0.05, 0.1) is 29.0 Å². The van der Waals surface area contributed by atoms with Gasteiger partial charge in [-0.15, -0.1) is 0 Å². The van der Waals surface area contributed by atoms with Crippen molar-refractivity contribution in [3.05, 3.63) is 92.8 Å². The van der Waals surface area contributed by atoms with Crippen molar-refractivity contribution in [1.29, 1.82) is 0 Å². The first-order valence-corrected chi connectivity index (χ1v) is 14.5. The molecule has 1 saturated heterocycles. The molecule has 2 aromatic heterocycles. The number of aryl methyl sites for hydroxylation is 1. The second-order valence-electron chi connectivity index (χ2n) is 11.3. The summed E-state index contributed by atoms with van der Waals surface area (Å²) in [5.74, 6) is -0.704. The van der Waals surface area contributed by atoms with Gasteiger partial charge in [0.2, 0.25) is 0 Å². The third kappa shape index (κ3) is 4.08. The molecule has 1 fully saturated rings. The van der Waals surface area contributed by atoms with Gasteiger partial charge in [-0.2, -0.15) is 0 Å². The molecule has 210 valence electrons. The molecule has 1 atom stereocenters. The highest BCUT2D eigenvalue weighted by molar-refractivity contribution is 5.91. The Hall–Kier alpha value is -4.01. The number of fused-ring (bicyclic) bond motifs is 5. The lowest BCUT2D eigenvalue weighted by molar-refractivity contribution is -0.172. The molecule has 0 radical (unpaired) electrons. The molecule has 0 amide bonds. The van der Waals surface area contributed by atoms with Crippen LogP contribution in [0, 0.1) is 0 Å². The zero-order chi connectivity index (χ0) is 28.3. The van der Waals surface area contributed by atoms with Gasteiger partial charge in [-0.3, -0.25) is 9.69 Å². The van der Waals surface area contributed by atoms with Crippen LogP contribution in [-0.4, -0.2) is 51.7 Å². The summed E-state index contributed by atoms with van der Waals surface area (Å²) in [5.41, 5.74) is 5.71. The molecule has 8 heteroatoms. The number of rotatable bonds is 5. The van der Waals surface area contributed by atoms with Crippen molar-refractivity contribution in [2.45, 2.75) is 52.0 Å². The van der Waals surface area contributed by atoms with Crippen molar-refractivity contribution in [2.24, 2.45) is 0 Å². The summed E-state index contributed by atoms with van der Waals surface area (Å²) in [6, 6.07) is 18.9. The Labute approximate surface area is 238 Å². The van der Waals surface area contributed by atoms with Crippen LogP contribution >= 0.6 is 0 Å². The number of nitrogens with zero attached hydrogens (tertiary/aromatic N) is 4. The molecule has 7 rings (SSSR count). The fourth-order valence-corrected chi connectivity index (χ4v) is 6.76. The SMILES string of the molecule is CCc1c2c(nc3ccc(N4CCN(Cc5ccccc5)CC4)cc13)-c1cc3c(c(=O)n1C2)COC(=O)[C@]3(O)CC. The number of esters is 1. The minimum absolute atomic E-state index is 0.121. The molecule has 0 aliphatic carbocycles. The molecule has 0 unspecified atom stereocenters. The molecule has 41 heavy (non-hydrogen) atoms. The van der Waals surface area contributed by atoms with E-state index in [4.69, 9.17) is 9.72 Å². The number of hydrogen-bond acceptors (Lipinski definition) is 7. The smallest absolute Gasteiger partial charge is 0.343 e. The summed E-state index contributed by atoms with van der Waals surface area (Å²) in [7, 11) is 0. The van der Waals surface area contributed by atoms with Gasteiger partial charge in [-0.05, 0) is 48.2 Å². The van der Waals surface area contributed by atoms with E-state index in [0.29, 0.717) is 23.4 Å². The fraction of sp³-hybridized carbons (Fsp3) is 0.364. The predicted octanol–water partition coefficient (Wildman–Crippen LogP) is 3.96. The Morgan fingerprint density at radius 3 is 2.49 bits per heavy atom. The van der Waals surface area contributed by atoms with Gasteiger partial charge in [0.25, 0.3) is 5.56 Å². The van der Waals surface area contributed by atoms with Crippen molar-refractivity contribution in [3.63, 3.8) is 0 Å². The van der Waals surface area contributed by atoms with E-state index in [1.54, 1.807) is 17.6 Å². The van der Waals surface area contributed by atoms with Crippen molar-refractivity contribution in [1.82, 2.24) is 14.5 Å². The number of piperazine rings is 1. The van der Waals surface area contributed by atoms with Gasteiger partial charge < -0.3 is 19.3 Å². The summed E-state index contributed by atoms with van der Waals surface area (Å²) >= 11 is 0. The second kappa shape index (κ2) is 9.82. The largest absolute Gasteiger partial charge is 0.458 e.